The van der Waals surface area contributed by atoms with Crippen LogP contribution in [0.15, 0.2) is 24.3 Å². The summed E-state index contributed by atoms with van der Waals surface area (Å²) < 4.78 is 21.6. The SMILES string of the molecule is N#Cc1ccc(CS(=O)(=O)Br)cc1. The van der Waals surface area contributed by atoms with Gasteiger partial charge in [0, 0.05) is 0 Å². The van der Waals surface area contributed by atoms with Crippen LogP contribution < -0.4 is 0 Å². The highest BCUT2D eigenvalue weighted by molar-refractivity contribution is 9.47. The molecule has 0 spiro atoms. The highest BCUT2D eigenvalue weighted by Gasteiger charge is 2.05. The molecule has 1 aromatic carbocycles. The fourth-order valence-corrected chi connectivity index (χ4v) is 2.26. The van der Waals surface area contributed by atoms with Crippen LogP contribution in [0, 0.1) is 11.3 Å². The van der Waals surface area contributed by atoms with Gasteiger partial charge in [-0.2, -0.15) is 5.26 Å². The van der Waals surface area contributed by atoms with Crippen LogP contribution in [0.3, 0.4) is 0 Å². The topological polar surface area (TPSA) is 57.9 Å². The lowest BCUT2D eigenvalue weighted by Gasteiger charge is -1.96. The minimum atomic E-state index is -3.17. The Morgan fingerprint density at radius 1 is 1.31 bits per heavy atom. The molecule has 0 heterocycles. The molecule has 0 N–H and O–H groups in total. The summed E-state index contributed by atoms with van der Waals surface area (Å²) in [5.74, 6) is -0.0568. The van der Waals surface area contributed by atoms with Crippen LogP contribution in [-0.2, 0) is 14.0 Å². The van der Waals surface area contributed by atoms with Gasteiger partial charge in [-0.25, -0.2) is 8.42 Å². The van der Waals surface area contributed by atoms with Crippen molar-refractivity contribution in [1.29, 1.82) is 5.26 Å². The second kappa shape index (κ2) is 3.90. The summed E-state index contributed by atoms with van der Waals surface area (Å²) in [6.45, 7) is 0. The van der Waals surface area contributed by atoms with E-state index in [9.17, 15) is 8.42 Å². The Kier molecular flexibility index (Phi) is 3.07. The van der Waals surface area contributed by atoms with Crippen molar-refractivity contribution in [1.82, 2.24) is 0 Å². The lowest BCUT2D eigenvalue weighted by molar-refractivity contribution is 0.611. The van der Waals surface area contributed by atoms with Crippen LogP contribution in [0.1, 0.15) is 11.1 Å². The first-order chi connectivity index (χ1) is 6.01. The summed E-state index contributed by atoms with van der Waals surface area (Å²) >= 11 is 2.56. The zero-order valence-electron chi connectivity index (χ0n) is 6.57. The van der Waals surface area contributed by atoms with Crippen LogP contribution >= 0.6 is 14.8 Å². The van der Waals surface area contributed by atoms with Gasteiger partial charge in [-0.1, -0.05) is 12.1 Å². The largest absolute Gasteiger partial charge is 0.217 e. The molecule has 0 aromatic heterocycles. The van der Waals surface area contributed by atoms with Gasteiger partial charge < -0.3 is 0 Å². The molecule has 0 unspecified atom stereocenters. The lowest BCUT2D eigenvalue weighted by Crippen LogP contribution is -1.93. The van der Waals surface area contributed by atoms with Crippen molar-refractivity contribution < 1.29 is 8.42 Å². The zero-order valence-corrected chi connectivity index (χ0v) is 8.97. The molecule has 0 bridgehead atoms. The van der Waals surface area contributed by atoms with E-state index in [1.807, 2.05) is 6.07 Å². The number of hydrogen-bond donors (Lipinski definition) is 0. The first-order valence-corrected chi connectivity index (χ1v) is 6.92. The monoisotopic (exact) mass is 259 g/mol. The maximum absolute atomic E-state index is 10.8. The molecule has 1 aromatic rings. The van der Waals surface area contributed by atoms with Crippen molar-refractivity contribution in [2.45, 2.75) is 5.75 Å². The average Bonchev–Trinajstić information content (AvgIpc) is 2.03. The van der Waals surface area contributed by atoms with E-state index in [1.165, 1.54) is 0 Å². The number of hydrogen-bond acceptors (Lipinski definition) is 3. The maximum atomic E-state index is 10.8. The summed E-state index contributed by atoms with van der Waals surface area (Å²) in [6.07, 6.45) is 0. The molecule has 5 heteroatoms. The summed E-state index contributed by atoms with van der Waals surface area (Å²) in [5, 5.41) is 8.48. The first-order valence-electron chi connectivity index (χ1n) is 3.42. The molecule has 68 valence electrons. The minimum Gasteiger partial charge on any atom is -0.217 e. The van der Waals surface area contributed by atoms with Crippen molar-refractivity contribution in [3.63, 3.8) is 0 Å². The summed E-state index contributed by atoms with van der Waals surface area (Å²) in [7, 11) is -3.17. The van der Waals surface area contributed by atoms with E-state index in [0.717, 1.165) is 0 Å². The first kappa shape index (κ1) is 10.2. The fourth-order valence-electron chi connectivity index (χ4n) is 0.875. The third kappa shape index (κ3) is 3.57. The molecule has 0 aliphatic rings. The normalized spacial score (nSPS) is 10.8. The maximum Gasteiger partial charge on any atom is 0.213 e. The second-order valence-corrected chi connectivity index (χ2v) is 6.82. The van der Waals surface area contributed by atoms with Gasteiger partial charge in [0.25, 0.3) is 0 Å². The second-order valence-electron chi connectivity index (χ2n) is 2.49. The molecule has 0 radical (unpaired) electrons. The average molecular weight is 260 g/mol. The number of nitrogens with zero attached hydrogens (tertiary/aromatic N) is 1. The van der Waals surface area contributed by atoms with Gasteiger partial charge in [0.2, 0.25) is 8.27 Å². The molecule has 1 rings (SSSR count). The minimum absolute atomic E-state index is 0.0568. The molecule has 0 aliphatic heterocycles. The third-order valence-corrected chi connectivity index (χ3v) is 2.79. The molecule has 0 fully saturated rings. The van der Waals surface area contributed by atoms with Crippen molar-refractivity contribution in [2.75, 3.05) is 0 Å². The molecular formula is C8H6BrNO2S. The number of nitriles is 1. The molecule has 3 nitrogen and oxygen atoms in total. The van der Waals surface area contributed by atoms with E-state index >= 15 is 0 Å². The smallest absolute Gasteiger partial charge is 0.213 e. The summed E-state index contributed by atoms with van der Waals surface area (Å²) in [4.78, 5) is 0. The van der Waals surface area contributed by atoms with E-state index in [2.05, 4.69) is 14.8 Å². The Hall–Kier alpha value is -0.860. The van der Waals surface area contributed by atoms with Gasteiger partial charge >= 0.3 is 0 Å². The third-order valence-electron chi connectivity index (χ3n) is 1.42. The van der Waals surface area contributed by atoms with Crippen LogP contribution in [0.2, 0.25) is 0 Å². The number of benzene rings is 1. The molecule has 0 aliphatic carbocycles. The summed E-state index contributed by atoms with van der Waals surface area (Å²) in [5.41, 5.74) is 1.19. The van der Waals surface area contributed by atoms with Crippen molar-refractivity contribution >= 4 is 23.1 Å². The lowest BCUT2D eigenvalue weighted by atomic mass is 10.2. The van der Waals surface area contributed by atoms with Gasteiger partial charge in [-0.15, -0.1) is 0 Å². The van der Waals surface area contributed by atoms with E-state index in [4.69, 9.17) is 5.26 Å². The van der Waals surface area contributed by atoms with Gasteiger partial charge in [0.05, 0.1) is 32.2 Å². The molecule has 0 amide bonds. The van der Waals surface area contributed by atoms with Gasteiger partial charge in [-0.05, 0) is 17.7 Å². The highest BCUT2D eigenvalue weighted by Crippen LogP contribution is 2.11. The van der Waals surface area contributed by atoms with Crippen molar-refractivity contribution in [3.8, 4) is 6.07 Å². The molecule has 0 atom stereocenters. The predicted molar refractivity (Wildman–Crippen MR) is 52.7 cm³/mol. The highest BCUT2D eigenvalue weighted by atomic mass is 79.9. The Balaban J connectivity index is 2.89. The van der Waals surface area contributed by atoms with Gasteiger partial charge in [-0.3, -0.25) is 0 Å². The van der Waals surface area contributed by atoms with Crippen LogP contribution in [-0.4, -0.2) is 8.42 Å². The van der Waals surface area contributed by atoms with Crippen LogP contribution in [0.5, 0.6) is 0 Å². The Morgan fingerprint density at radius 3 is 2.23 bits per heavy atom. The molecular weight excluding hydrogens is 254 g/mol. The molecule has 13 heavy (non-hydrogen) atoms. The molecule has 0 saturated carbocycles. The predicted octanol–water partition coefficient (Wildman–Crippen LogP) is 1.78. The Labute approximate surface area is 84.1 Å². The number of halogens is 1. The Morgan fingerprint density at radius 2 is 1.85 bits per heavy atom. The number of rotatable bonds is 2. The standard InChI is InChI=1S/C8H6BrNO2S/c9-13(11,12)6-8-3-1-7(5-10)2-4-8/h1-4H,6H2. The van der Waals surface area contributed by atoms with E-state index < -0.39 is 8.27 Å². The molecule has 0 saturated heterocycles. The van der Waals surface area contributed by atoms with Gasteiger partial charge in [0.1, 0.15) is 0 Å². The van der Waals surface area contributed by atoms with Crippen LogP contribution in [0.25, 0.3) is 0 Å². The van der Waals surface area contributed by atoms with E-state index in [0.29, 0.717) is 11.1 Å². The quantitative estimate of drug-likeness (QED) is 0.761. The fraction of sp³-hybridized carbons (Fsp3) is 0.125. The zero-order chi connectivity index (χ0) is 9.90. The van der Waals surface area contributed by atoms with Crippen molar-refractivity contribution in [3.05, 3.63) is 35.4 Å². The van der Waals surface area contributed by atoms with Crippen LogP contribution in [0.4, 0.5) is 0 Å². The van der Waals surface area contributed by atoms with E-state index in [1.54, 1.807) is 24.3 Å². The van der Waals surface area contributed by atoms with Gasteiger partial charge in [0.15, 0.2) is 0 Å². The Bertz CT molecular complexity index is 430. The summed E-state index contributed by atoms with van der Waals surface area (Å²) in [6, 6.07) is 8.38. The van der Waals surface area contributed by atoms with E-state index in [-0.39, 0.29) is 5.75 Å². The van der Waals surface area contributed by atoms with Crippen molar-refractivity contribution in [2.24, 2.45) is 0 Å².